The highest BCUT2D eigenvalue weighted by Gasteiger charge is 2.08. The van der Waals surface area contributed by atoms with Crippen LogP contribution in [0.15, 0.2) is 42.5 Å². The summed E-state index contributed by atoms with van der Waals surface area (Å²) in [5.41, 5.74) is 1.07. The minimum absolute atomic E-state index is 0.123. The molecule has 0 unspecified atom stereocenters. The molecule has 4 heteroatoms. The predicted molar refractivity (Wildman–Crippen MR) is 70.5 cm³/mol. The number of benzene rings is 2. The van der Waals surface area contributed by atoms with Gasteiger partial charge in [-0.1, -0.05) is 42.5 Å². The van der Waals surface area contributed by atoms with Gasteiger partial charge in [-0.05, 0) is 29.8 Å². The molecule has 0 saturated carbocycles. The Morgan fingerprint density at radius 2 is 1.76 bits per heavy atom. The van der Waals surface area contributed by atoms with Crippen molar-refractivity contribution >= 4 is 20.8 Å². The lowest BCUT2D eigenvalue weighted by Gasteiger charge is -2.06. The topological polar surface area (TPSA) is 46.2 Å². The highest BCUT2D eigenvalue weighted by atomic mass is 32.2. The molecule has 2 aromatic rings. The Balaban J connectivity index is 2.31. The van der Waals surface area contributed by atoms with Gasteiger partial charge in [0, 0.05) is 0 Å². The molecule has 90 valence electrons. The Labute approximate surface area is 102 Å². The molecule has 0 aliphatic rings. The molecule has 2 rings (SSSR count). The van der Waals surface area contributed by atoms with Gasteiger partial charge in [0.1, 0.15) is 0 Å². The van der Waals surface area contributed by atoms with Crippen LogP contribution >= 0.6 is 0 Å². The van der Waals surface area contributed by atoms with Gasteiger partial charge in [-0.3, -0.25) is 0 Å². The van der Waals surface area contributed by atoms with Crippen molar-refractivity contribution in [1.29, 1.82) is 0 Å². The Morgan fingerprint density at radius 1 is 1.06 bits per heavy atom. The quantitative estimate of drug-likeness (QED) is 0.900. The van der Waals surface area contributed by atoms with Gasteiger partial charge in [0.2, 0.25) is 10.0 Å². The number of nitrogens with one attached hydrogen (secondary N) is 1. The molecule has 0 heterocycles. The highest BCUT2D eigenvalue weighted by molar-refractivity contribution is 7.89. The molecular formula is C13H15NO2S. The Morgan fingerprint density at radius 3 is 2.53 bits per heavy atom. The molecule has 1 N–H and O–H groups in total. The fraction of sp³-hybridized carbons (Fsp3) is 0.231. The van der Waals surface area contributed by atoms with Crippen LogP contribution in [0.5, 0.6) is 0 Å². The summed E-state index contributed by atoms with van der Waals surface area (Å²) in [6.45, 7) is 0. The van der Waals surface area contributed by atoms with Gasteiger partial charge in [-0.25, -0.2) is 13.1 Å². The van der Waals surface area contributed by atoms with E-state index in [-0.39, 0.29) is 5.75 Å². The second kappa shape index (κ2) is 4.85. The van der Waals surface area contributed by atoms with Crippen molar-refractivity contribution in [2.75, 3.05) is 12.8 Å². The molecule has 0 atom stereocenters. The van der Waals surface area contributed by atoms with Crippen molar-refractivity contribution in [1.82, 2.24) is 4.72 Å². The van der Waals surface area contributed by atoms with E-state index in [0.717, 1.165) is 16.3 Å². The minimum Gasteiger partial charge on any atom is -0.218 e. The standard InChI is InChI=1S/C13H15NO2S/c1-14-17(15,16)10-9-12-7-4-6-11-5-2-3-8-13(11)12/h2-8,14H,9-10H2,1H3. The van der Waals surface area contributed by atoms with E-state index >= 15 is 0 Å². The molecule has 17 heavy (non-hydrogen) atoms. The molecule has 0 aromatic heterocycles. The zero-order valence-electron chi connectivity index (χ0n) is 9.68. The van der Waals surface area contributed by atoms with Gasteiger partial charge in [-0.2, -0.15) is 0 Å². The molecule has 0 saturated heterocycles. The first-order chi connectivity index (χ1) is 8.12. The van der Waals surface area contributed by atoms with Crippen LogP contribution in [0, 0.1) is 0 Å². The van der Waals surface area contributed by atoms with Gasteiger partial charge in [-0.15, -0.1) is 0 Å². The number of hydrogen-bond acceptors (Lipinski definition) is 2. The van der Waals surface area contributed by atoms with Crippen LogP contribution in [0.4, 0.5) is 0 Å². The lowest BCUT2D eigenvalue weighted by molar-refractivity contribution is 0.587. The van der Waals surface area contributed by atoms with Crippen molar-refractivity contribution < 1.29 is 8.42 Å². The molecule has 0 spiro atoms. The smallest absolute Gasteiger partial charge is 0.211 e. The van der Waals surface area contributed by atoms with E-state index in [4.69, 9.17) is 0 Å². The third-order valence-electron chi connectivity index (χ3n) is 2.83. The van der Waals surface area contributed by atoms with Gasteiger partial charge >= 0.3 is 0 Å². The summed E-state index contributed by atoms with van der Waals surface area (Å²) in [5, 5.41) is 2.27. The number of fused-ring (bicyclic) bond motifs is 1. The summed E-state index contributed by atoms with van der Waals surface area (Å²) in [6.07, 6.45) is 0.532. The van der Waals surface area contributed by atoms with Gasteiger partial charge in [0.25, 0.3) is 0 Å². The molecule has 2 aromatic carbocycles. The van der Waals surface area contributed by atoms with Crippen molar-refractivity contribution in [2.45, 2.75) is 6.42 Å². The molecule has 0 amide bonds. The third kappa shape index (κ3) is 2.84. The maximum absolute atomic E-state index is 11.4. The fourth-order valence-corrected chi connectivity index (χ4v) is 2.55. The SMILES string of the molecule is CNS(=O)(=O)CCc1cccc2ccccc12. The molecule has 0 aliphatic carbocycles. The normalized spacial score (nSPS) is 11.8. The number of hydrogen-bond donors (Lipinski definition) is 1. The van der Waals surface area contributed by atoms with E-state index in [1.807, 2.05) is 42.5 Å². The second-order valence-corrected chi connectivity index (χ2v) is 5.96. The summed E-state index contributed by atoms with van der Waals surface area (Å²) in [7, 11) is -1.69. The Kier molecular flexibility index (Phi) is 3.45. The van der Waals surface area contributed by atoms with E-state index in [9.17, 15) is 8.42 Å². The van der Waals surface area contributed by atoms with Crippen LogP contribution in [0.25, 0.3) is 10.8 Å². The van der Waals surface area contributed by atoms with E-state index in [2.05, 4.69) is 4.72 Å². The van der Waals surface area contributed by atoms with Crippen molar-refractivity contribution in [2.24, 2.45) is 0 Å². The Hall–Kier alpha value is -1.39. The van der Waals surface area contributed by atoms with Gasteiger partial charge in [0.15, 0.2) is 0 Å². The first-order valence-corrected chi connectivity index (χ1v) is 7.15. The van der Waals surface area contributed by atoms with Crippen LogP contribution in [-0.2, 0) is 16.4 Å². The molecule has 0 fully saturated rings. The zero-order chi connectivity index (χ0) is 12.3. The number of sulfonamides is 1. The molecular weight excluding hydrogens is 234 g/mol. The number of rotatable bonds is 4. The van der Waals surface area contributed by atoms with Crippen LogP contribution in [0.2, 0.25) is 0 Å². The molecule has 0 aliphatic heterocycles. The monoisotopic (exact) mass is 249 g/mol. The average molecular weight is 249 g/mol. The van der Waals surface area contributed by atoms with Crippen LogP contribution in [0.1, 0.15) is 5.56 Å². The van der Waals surface area contributed by atoms with Crippen molar-refractivity contribution in [3.63, 3.8) is 0 Å². The maximum atomic E-state index is 11.4. The first-order valence-electron chi connectivity index (χ1n) is 5.50. The van der Waals surface area contributed by atoms with E-state index in [0.29, 0.717) is 6.42 Å². The van der Waals surface area contributed by atoms with Gasteiger partial charge in [0.05, 0.1) is 5.75 Å². The van der Waals surface area contributed by atoms with Crippen LogP contribution in [-0.4, -0.2) is 21.2 Å². The highest BCUT2D eigenvalue weighted by Crippen LogP contribution is 2.19. The molecule has 0 radical (unpaired) electrons. The lowest BCUT2D eigenvalue weighted by Crippen LogP contribution is -2.23. The largest absolute Gasteiger partial charge is 0.218 e. The van der Waals surface area contributed by atoms with Crippen LogP contribution in [0.3, 0.4) is 0 Å². The fourth-order valence-electron chi connectivity index (χ4n) is 1.86. The summed E-state index contributed by atoms with van der Waals surface area (Å²) in [4.78, 5) is 0. The van der Waals surface area contributed by atoms with Crippen molar-refractivity contribution in [3.8, 4) is 0 Å². The summed E-state index contributed by atoms with van der Waals surface area (Å²) < 4.78 is 25.1. The lowest BCUT2D eigenvalue weighted by atomic mass is 10.0. The zero-order valence-corrected chi connectivity index (χ0v) is 10.5. The second-order valence-electron chi connectivity index (χ2n) is 3.91. The average Bonchev–Trinajstić information content (AvgIpc) is 2.36. The maximum Gasteiger partial charge on any atom is 0.211 e. The van der Waals surface area contributed by atoms with Crippen LogP contribution < -0.4 is 4.72 Å². The van der Waals surface area contributed by atoms with E-state index < -0.39 is 10.0 Å². The van der Waals surface area contributed by atoms with Gasteiger partial charge < -0.3 is 0 Å². The summed E-state index contributed by atoms with van der Waals surface area (Å²) in [5.74, 6) is 0.123. The number of aryl methyl sites for hydroxylation is 1. The summed E-state index contributed by atoms with van der Waals surface area (Å²) in [6, 6.07) is 14.0. The minimum atomic E-state index is -3.14. The summed E-state index contributed by atoms with van der Waals surface area (Å²) >= 11 is 0. The van der Waals surface area contributed by atoms with E-state index in [1.54, 1.807) is 0 Å². The third-order valence-corrected chi connectivity index (χ3v) is 4.19. The predicted octanol–water partition coefficient (Wildman–Crippen LogP) is 1.93. The molecule has 0 bridgehead atoms. The Bertz CT molecular complexity index is 615. The molecule has 3 nitrogen and oxygen atoms in total. The first kappa shape index (κ1) is 12.1. The van der Waals surface area contributed by atoms with Crippen molar-refractivity contribution in [3.05, 3.63) is 48.0 Å². The van der Waals surface area contributed by atoms with E-state index in [1.165, 1.54) is 7.05 Å².